The van der Waals surface area contributed by atoms with Crippen molar-refractivity contribution < 1.29 is 4.39 Å². The fourth-order valence-electron chi connectivity index (χ4n) is 3.60. The van der Waals surface area contributed by atoms with Crippen LogP contribution in [0.25, 0.3) is 11.1 Å². The minimum atomic E-state index is -0.256. The Bertz CT molecular complexity index is 1270. The number of nitrogens with zero attached hydrogens (tertiary/aromatic N) is 4. The van der Waals surface area contributed by atoms with Gasteiger partial charge >= 0.3 is 0 Å². The van der Waals surface area contributed by atoms with Crippen LogP contribution in [0.3, 0.4) is 0 Å². The molecule has 1 unspecified atom stereocenters. The van der Waals surface area contributed by atoms with Crippen molar-refractivity contribution in [3.63, 3.8) is 0 Å². The summed E-state index contributed by atoms with van der Waals surface area (Å²) in [5, 5.41) is 14.9. The van der Waals surface area contributed by atoms with Gasteiger partial charge in [-0.1, -0.05) is 84.9 Å². The molecular weight excluding hydrogens is 431 g/mol. The average molecular weight is 449 g/mol. The smallest absolute Gasteiger partial charge is 0.206 e. The molecule has 0 saturated carbocycles. The van der Waals surface area contributed by atoms with Gasteiger partial charge in [-0.05, 0) is 34.9 Å². The number of hydrogen-bond donors (Lipinski definition) is 0. The summed E-state index contributed by atoms with van der Waals surface area (Å²) in [7, 11) is 0. The molecule has 3 aromatic carbocycles. The van der Waals surface area contributed by atoms with Crippen LogP contribution in [0.15, 0.2) is 83.1 Å². The molecule has 1 atom stereocenters. The standard InChI is InChI=1S/C24H18ClFN4S/c1-15(18-9-12-20(21(26)13-18)16-5-3-2-4-6-16)23-27-28-24-30(23)29-22(14-31-24)17-7-10-19(25)11-8-17/h2-13,15H,14H2,1H3. The van der Waals surface area contributed by atoms with Crippen molar-refractivity contribution in [3.05, 3.63) is 101 Å². The van der Waals surface area contributed by atoms with E-state index in [4.69, 9.17) is 16.7 Å². The first-order valence-corrected chi connectivity index (χ1v) is 11.2. The molecule has 0 bridgehead atoms. The first-order chi connectivity index (χ1) is 15.1. The van der Waals surface area contributed by atoms with E-state index < -0.39 is 0 Å². The monoisotopic (exact) mass is 448 g/mol. The van der Waals surface area contributed by atoms with E-state index in [1.807, 2.05) is 73.7 Å². The predicted molar refractivity (Wildman–Crippen MR) is 123 cm³/mol. The maximum absolute atomic E-state index is 14.9. The molecule has 154 valence electrons. The van der Waals surface area contributed by atoms with E-state index in [9.17, 15) is 4.39 Å². The molecule has 1 aromatic heterocycles. The van der Waals surface area contributed by atoms with Crippen LogP contribution < -0.4 is 0 Å². The van der Waals surface area contributed by atoms with Gasteiger partial charge in [0.1, 0.15) is 5.82 Å². The van der Waals surface area contributed by atoms with Crippen LogP contribution in [0, 0.1) is 5.82 Å². The zero-order chi connectivity index (χ0) is 21.4. The summed E-state index contributed by atoms with van der Waals surface area (Å²) in [4.78, 5) is 0. The summed E-state index contributed by atoms with van der Waals surface area (Å²) in [6.07, 6.45) is 0. The third-order valence-corrected chi connectivity index (χ3v) is 6.52. The molecule has 2 heterocycles. The summed E-state index contributed by atoms with van der Waals surface area (Å²) in [6, 6.07) is 22.5. The van der Waals surface area contributed by atoms with Gasteiger partial charge in [0.25, 0.3) is 0 Å². The minimum Gasteiger partial charge on any atom is -0.206 e. The van der Waals surface area contributed by atoms with Crippen LogP contribution in [0.5, 0.6) is 0 Å². The Hall–Kier alpha value is -2.96. The van der Waals surface area contributed by atoms with Crippen LogP contribution in [-0.2, 0) is 0 Å². The Morgan fingerprint density at radius 3 is 2.48 bits per heavy atom. The van der Waals surface area contributed by atoms with Crippen LogP contribution in [0.4, 0.5) is 4.39 Å². The number of hydrogen-bond acceptors (Lipinski definition) is 4. The van der Waals surface area contributed by atoms with Crippen molar-refractivity contribution in [2.45, 2.75) is 18.0 Å². The molecule has 0 N–H and O–H groups in total. The number of thioether (sulfide) groups is 1. The van der Waals surface area contributed by atoms with Crippen LogP contribution >= 0.6 is 23.4 Å². The Morgan fingerprint density at radius 2 is 1.74 bits per heavy atom. The SMILES string of the molecule is CC(c1ccc(-c2ccccc2)c(F)c1)c1nnc2n1N=C(c1ccc(Cl)cc1)CS2. The third-order valence-electron chi connectivity index (χ3n) is 5.34. The second kappa shape index (κ2) is 8.29. The van der Waals surface area contributed by atoms with Gasteiger partial charge in [0.05, 0.1) is 5.71 Å². The highest BCUT2D eigenvalue weighted by molar-refractivity contribution is 7.99. The Balaban J connectivity index is 1.48. The lowest BCUT2D eigenvalue weighted by atomic mass is 9.96. The summed E-state index contributed by atoms with van der Waals surface area (Å²) in [6.45, 7) is 1.99. The van der Waals surface area contributed by atoms with Gasteiger partial charge in [0.2, 0.25) is 5.16 Å². The molecule has 0 fully saturated rings. The summed E-state index contributed by atoms with van der Waals surface area (Å²) >= 11 is 7.59. The molecule has 0 spiro atoms. The quantitative estimate of drug-likeness (QED) is 0.370. The van der Waals surface area contributed by atoms with Crippen molar-refractivity contribution >= 4 is 29.1 Å². The molecule has 31 heavy (non-hydrogen) atoms. The van der Waals surface area contributed by atoms with Crippen LogP contribution in [0.1, 0.15) is 29.8 Å². The van der Waals surface area contributed by atoms with Crippen molar-refractivity contribution in [3.8, 4) is 11.1 Å². The molecule has 1 aliphatic heterocycles. The maximum atomic E-state index is 14.9. The third kappa shape index (κ3) is 3.89. The second-order valence-corrected chi connectivity index (χ2v) is 8.70. The highest BCUT2D eigenvalue weighted by atomic mass is 35.5. The number of aromatic nitrogens is 3. The van der Waals surface area contributed by atoms with E-state index in [0.29, 0.717) is 22.2 Å². The largest absolute Gasteiger partial charge is 0.212 e. The molecule has 0 radical (unpaired) electrons. The average Bonchev–Trinajstić information content (AvgIpc) is 3.23. The summed E-state index contributed by atoms with van der Waals surface area (Å²) in [5.41, 5.74) is 4.19. The Morgan fingerprint density at radius 1 is 0.968 bits per heavy atom. The first kappa shape index (κ1) is 20.0. The molecule has 4 aromatic rings. The van der Waals surface area contributed by atoms with E-state index in [-0.39, 0.29) is 11.7 Å². The van der Waals surface area contributed by atoms with E-state index in [0.717, 1.165) is 27.6 Å². The van der Waals surface area contributed by atoms with Gasteiger partial charge in [0, 0.05) is 22.3 Å². The summed E-state index contributed by atoms with van der Waals surface area (Å²) in [5.74, 6) is 0.956. The van der Waals surface area contributed by atoms with Crippen molar-refractivity contribution in [1.82, 2.24) is 14.9 Å². The van der Waals surface area contributed by atoms with Gasteiger partial charge < -0.3 is 0 Å². The number of fused-ring (bicyclic) bond motifs is 1. The van der Waals surface area contributed by atoms with Gasteiger partial charge in [-0.3, -0.25) is 0 Å². The fourth-order valence-corrected chi connectivity index (χ4v) is 4.57. The van der Waals surface area contributed by atoms with Gasteiger partial charge in [0.15, 0.2) is 5.82 Å². The van der Waals surface area contributed by atoms with E-state index in [2.05, 4.69) is 10.2 Å². The molecule has 5 rings (SSSR count). The maximum Gasteiger partial charge on any atom is 0.212 e. The second-order valence-electron chi connectivity index (χ2n) is 7.32. The van der Waals surface area contributed by atoms with Crippen molar-refractivity contribution in [1.29, 1.82) is 0 Å². The molecule has 0 aliphatic carbocycles. The first-order valence-electron chi connectivity index (χ1n) is 9.87. The lowest BCUT2D eigenvalue weighted by Crippen LogP contribution is -2.15. The highest BCUT2D eigenvalue weighted by Gasteiger charge is 2.24. The number of rotatable bonds is 4. The predicted octanol–water partition coefficient (Wildman–Crippen LogP) is 6.25. The molecule has 4 nitrogen and oxygen atoms in total. The summed E-state index contributed by atoms with van der Waals surface area (Å²) < 4.78 is 16.7. The zero-order valence-electron chi connectivity index (χ0n) is 16.7. The minimum absolute atomic E-state index is 0.172. The molecule has 1 aliphatic rings. The van der Waals surface area contributed by atoms with E-state index in [1.54, 1.807) is 22.5 Å². The van der Waals surface area contributed by atoms with Crippen LogP contribution in [-0.4, -0.2) is 26.3 Å². The molecule has 7 heteroatoms. The Kier molecular flexibility index (Phi) is 5.34. The lowest BCUT2D eigenvalue weighted by molar-refractivity contribution is 0.623. The van der Waals surface area contributed by atoms with Gasteiger partial charge in [-0.15, -0.1) is 10.2 Å². The fraction of sp³-hybridized carbons (Fsp3) is 0.125. The zero-order valence-corrected chi connectivity index (χ0v) is 18.2. The van der Waals surface area contributed by atoms with E-state index in [1.165, 1.54) is 0 Å². The highest BCUT2D eigenvalue weighted by Crippen LogP contribution is 2.32. The number of benzene rings is 3. The van der Waals surface area contributed by atoms with Crippen LogP contribution in [0.2, 0.25) is 5.02 Å². The van der Waals surface area contributed by atoms with Crippen molar-refractivity contribution in [2.24, 2.45) is 5.10 Å². The molecular formula is C24H18ClFN4S. The normalized spacial score (nSPS) is 14.1. The molecule has 0 saturated heterocycles. The van der Waals surface area contributed by atoms with Gasteiger partial charge in [-0.25, -0.2) is 4.39 Å². The lowest BCUT2D eigenvalue weighted by Gasteiger charge is -2.17. The van der Waals surface area contributed by atoms with E-state index >= 15 is 0 Å². The van der Waals surface area contributed by atoms with Crippen molar-refractivity contribution in [2.75, 3.05) is 5.75 Å². The Labute approximate surface area is 188 Å². The molecule has 0 amide bonds. The number of halogens is 2. The topological polar surface area (TPSA) is 43.1 Å². The van der Waals surface area contributed by atoms with Gasteiger partial charge in [-0.2, -0.15) is 9.78 Å².